The Bertz CT molecular complexity index is 1180. The summed E-state index contributed by atoms with van der Waals surface area (Å²) in [6.45, 7) is 3.66. The number of nitrogens with zero attached hydrogens (tertiary/aromatic N) is 3. The zero-order valence-electron chi connectivity index (χ0n) is 17.5. The van der Waals surface area contributed by atoms with Crippen molar-refractivity contribution in [2.45, 2.75) is 19.4 Å². The quantitative estimate of drug-likeness (QED) is 0.497. The molecule has 5 rings (SSSR count). The van der Waals surface area contributed by atoms with Gasteiger partial charge in [-0.15, -0.1) is 0 Å². The molecule has 0 spiro atoms. The van der Waals surface area contributed by atoms with Crippen LogP contribution in [0.15, 0.2) is 47.6 Å². The zero-order valence-corrected chi connectivity index (χ0v) is 18.3. The van der Waals surface area contributed by atoms with Crippen LogP contribution in [0.5, 0.6) is 0 Å². The Morgan fingerprint density at radius 2 is 2.06 bits per heavy atom. The fourth-order valence-corrected chi connectivity index (χ4v) is 4.79. The maximum Gasteiger partial charge on any atom is 0.290 e. The first-order valence-corrected chi connectivity index (χ1v) is 11.6. The van der Waals surface area contributed by atoms with Crippen molar-refractivity contribution in [1.29, 1.82) is 0 Å². The highest BCUT2D eigenvalue weighted by Crippen LogP contribution is 2.26. The first kappa shape index (κ1) is 20.7. The number of imide groups is 1. The number of anilines is 1. The molecule has 2 fully saturated rings. The van der Waals surface area contributed by atoms with E-state index in [1.165, 1.54) is 16.5 Å². The maximum absolute atomic E-state index is 11.8. The van der Waals surface area contributed by atoms with Crippen molar-refractivity contribution in [2.24, 2.45) is 5.92 Å². The second kappa shape index (κ2) is 9.13. The van der Waals surface area contributed by atoms with Gasteiger partial charge in [0, 0.05) is 37.5 Å². The topological polar surface area (TPSA) is 103 Å². The van der Waals surface area contributed by atoms with Crippen molar-refractivity contribution in [2.75, 3.05) is 24.5 Å². The molecule has 9 heteroatoms. The molecule has 3 N–H and O–H groups in total. The minimum Gasteiger partial charge on any atom is -0.361 e. The van der Waals surface area contributed by atoms with Crippen molar-refractivity contribution in [1.82, 2.24) is 25.6 Å². The summed E-state index contributed by atoms with van der Waals surface area (Å²) in [6.07, 6.45) is 7.45. The number of carbonyl (C=O) groups excluding carboxylic acids is 2. The predicted octanol–water partition coefficient (Wildman–Crippen LogP) is 3.29. The molecule has 2 aliphatic heterocycles. The van der Waals surface area contributed by atoms with Crippen molar-refractivity contribution in [3.63, 3.8) is 0 Å². The number of hydrogen-bond donors (Lipinski definition) is 3. The molecule has 0 saturated carbocycles. The van der Waals surface area contributed by atoms with Crippen LogP contribution >= 0.6 is 11.8 Å². The Balaban J connectivity index is 1.12. The fourth-order valence-electron chi connectivity index (χ4n) is 4.12. The van der Waals surface area contributed by atoms with Crippen LogP contribution in [0, 0.1) is 5.92 Å². The molecule has 8 nitrogen and oxygen atoms in total. The predicted molar refractivity (Wildman–Crippen MR) is 126 cm³/mol. The Hall–Kier alpha value is -3.17. The van der Waals surface area contributed by atoms with Crippen LogP contribution in [-0.2, 0) is 11.3 Å². The Labute approximate surface area is 189 Å². The lowest BCUT2D eigenvalue weighted by atomic mass is 9.97. The van der Waals surface area contributed by atoms with Gasteiger partial charge in [-0.3, -0.25) is 14.9 Å². The van der Waals surface area contributed by atoms with Gasteiger partial charge in [0.1, 0.15) is 0 Å². The Kier molecular flexibility index (Phi) is 5.91. The lowest BCUT2D eigenvalue weighted by Gasteiger charge is -2.32. The number of benzene rings is 1. The molecule has 0 bridgehead atoms. The van der Waals surface area contributed by atoms with E-state index in [9.17, 15) is 9.59 Å². The summed E-state index contributed by atoms with van der Waals surface area (Å²) < 4.78 is 0. The van der Waals surface area contributed by atoms with E-state index in [1.54, 1.807) is 18.3 Å². The summed E-state index contributed by atoms with van der Waals surface area (Å²) >= 11 is 0.896. The molecular formula is C23H24N6O2S. The monoisotopic (exact) mass is 448 g/mol. The summed E-state index contributed by atoms with van der Waals surface area (Å²) in [5, 5.41) is 6.76. The first-order chi connectivity index (χ1) is 15.6. The molecule has 3 aromatic rings. The van der Waals surface area contributed by atoms with E-state index in [1.807, 2.05) is 6.20 Å². The molecule has 1 aromatic carbocycles. The number of aromatic amines is 1. The average molecular weight is 449 g/mol. The van der Waals surface area contributed by atoms with Crippen LogP contribution in [0.2, 0.25) is 0 Å². The van der Waals surface area contributed by atoms with Crippen LogP contribution in [0.1, 0.15) is 24.1 Å². The van der Waals surface area contributed by atoms with Gasteiger partial charge in [0.2, 0.25) is 5.95 Å². The largest absolute Gasteiger partial charge is 0.361 e. The van der Waals surface area contributed by atoms with E-state index in [0.29, 0.717) is 22.5 Å². The molecule has 4 heterocycles. The van der Waals surface area contributed by atoms with E-state index < -0.39 is 0 Å². The van der Waals surface area contributed by atoms with Gasteiger partial charge in [0.25, 0.3) is 11.1 Å². The van der Waals surface area contributed by atoms with Crippen LogP contribution in [0.25, 0.3) is 17.0 Å². The number of rotatable bonds is 6. The van der Waals surface area contributed by atoms with E-state index in [2.05, 4.69) is 54.8 Å². The molecule has 0 unspecified atom stereocenters. The summed E-state index contributed by atoms with van der Waals surface area (Å²) in [6, 6.07) is 10.4. The van der Waals surface area contributed by atoms with Gasteiger partial charge in [0.15, 0.2) is 0 Å². The minimum absolute atomic E-state index is 0.351. The molecule has 2 aromatic heterocycles. The van der Waals surface area contributed by atoms with Gasteiger partial charge in [-0.05, 0) is 78.4 Å². The van der Waals surface area contributed by atoms with Gasteiger partial charge < -0.3 is 15.2 Å². The highest BCUT2D eigenvalue weighted by atomic mass is 32.2. The van der Waals surface area contributed by atoms with E-state index in [0.717, 1.165) is 50.8 Å². The highest BCUT2D eigenvalue weighted by molar-refractivity contribution is 8.18. The highest BCUT2D eigenvalue weighted by Gasteiger charge is 2.25. The van der Waals surface area contributed by atoms with E-state index in [-0.39, 0.29) is 11.1 Å². The zero-order chi connectivity index (χ0) is 21.9. The molecule has 0 radical (unpaired) electrons. The van der Waals surface area contributed by atoms with Gasteiger partial charge in [-0.1, -0.05) is 6.07 Å². The second-order valence-electron chi connectivity index (χ2n) is 8.09. The van der Waals surface area contributed by atoms with Gasteiger partial charge in [0.05, 0.1) is 10.6 Å². The van der Waals surface area contributed by atoms with Crippen LogP contribution in [-0.4, -0.2) is 45.7 Å². The Morgan fingerprint density at radius 1 is 1.19 bits per heavy atom. The lowest BCUT2D eigenvalue weighted by Crippen LogP contribution is -2.38. The number of H-pyrrole nitrogens is 1. The molecule has 0 aliphatic carbocycles. The lowest BCUT2D eigenvalue weighted by molar-refractivity contribution is -0.115. The average Bonchev–Trinajstić information content (AvgIpc) is 3.39. The fraction of sp³-hybridized carbons (Fsp3) is 0.304. The molecule has 164 valence electrons. The summed E-state index contributed by atoms with van der Waals surface area (Å²) in [5.74, 6) is 0.916. The molecular weight excluding hydrogens is 424 g/mol. The normalized spacial score (nSPS) is 18.6. The number of thioether (sulfide) groups is 1. The third-order valence-electron chi connectivity index (χ3n) is 5.86. The number of aromatic nitrogens is 3. The molecule has 2 amide bonds. The SMILES string of the molecule is O=C1NC(=O)C(=Cc2ccnc(N3CCC(CNCc4ccc5[nH]ccc5c4)CC3)n2)S1. The Morgan fingerprint density at radius 3 is 2.88 bits per heavy atom. The van der Waals surface area contributed by atoms with E-state index >= 15 is 0 Å². The maximum atomic E-state index is 11.8. The van der Waals surface area contributed by atoms with Crippen LogP contribution in [0.4, 0.5) is 10.7 Å². The third kappa shape index (κ3) is 4.68. The molecule has 2 saturated heterocycles. The van der Waals surface area contributed by atoms with Gasteiger partial charge >= 0.3 is 0 Å². The van der Waals surface area contributed by atoms with Crippen LogP contribution < -0.4 is 15.5 Å². The van der Waals surface area contributed by atoms with Crippen molar-refractivity contribution in [3.8, 4) is 0 Å². The number of nitrogens with one attached hydrogen (secondary N) is 3. The summed E-state index contributed by atoms with van der Waals surface area (Å²) in [7, 11) is 0. The minimum atomic E-state index is -0.374. The number of piperidine rings is 1. The molecule has 0 atom stereocenters. The molecule has 2 aliphatic rings. The number of hydrogen-bond acceptors (Lipinski definition) is 7. The van der Waals surface area contributed by atoms with Crippen molar-refractivity contribution >= 4 is 45.8 Å². The summed E-state index contributed by atoms with van der Waals surface area (Å²) in [5.41, 5.74) is 3.09. The van der Waals surface area contributed by atoms with Gasteiger partial charge in [-0.2, -0.15) is 0 Å². The van der Waals surface area contributed by atoms with Crippen LogP contribution in [0.3, 0.4) is 0 Å². The first-order valence-electron chi connectivity index (χ1n) is 10.7. The van der Waals surface area contributed by atoms with E-state index in [4.69, 9.17) is 0 Å². The smallest absolute Gasteiger partial charge is 0.290 e. The third-order valence-corrected chi connectivity index (χ3v) is 6.67. The summed E-state index contributed by atoms with van der Waals surface area (Å²) in [4.78, 5) is 37.9. The second-order valence-corrected chi connectivity index (χ2v) is 9.11. The standard InChI is InChI=1S/C23H24N6O2S/c30-21-20(32-23(31)28-21)12-18-4-8-26-22(27-18)29-9-5-15(6-10-29)13-24-14-16-1-2-19-17(11-16)3-7-25-19/h1-4,7-8,11-12,15,24-25H,5-6,9-10,13-14H2,(H,28,30,31). The number of fused-ring (bicyclic) bond motifs is 1. The van der Waals surface area contributed by atoms with Gasteiger partial charge in [-0.25, -0.2) is 9.97 Å². The van der Waals surface area contributed by atoms with Crippen molar-refractivity contribution < 1.29 is 9.59 Å². The van der Waals surface area contributed by atoms with Crippen molar-refractivity contribution in [3.05, 3.63) is 58.9 Å². The number of carbonyl (C=O) groups is 2. The molecule has 32 heavy (non-hydrogen) atoms. The number of amides is 2.